The summed E-state index contributed by atoms with van der Waals surface area (Å²) in [6.45, 7) is 2.56. The van der Waals surface area contributed by atoms with Gasteiger partial charge in [0.1, 0.15) is 0 Å². The molecule has 0 spiro atoms. The summed E-state index contributed by atoms with van der Waals surface area (Å²) in [5.74, 6) is 1.48. The topological polar surface area (TPSA) is 81.1 Å². The summed E-state index contributed by atoms with van der Waals surface area (Å²) in [7, 11) is 0. The SMILES string of the molecule is CC(N)CCNC(=O)CCCc1ncc(-c2ccccc2)o1. The zero-order valence-electron chi connectivity index (χ0n) is 12.9. The molecule has 1 heterocycles. The van der Waals surface area contributed by atoms with Crippen LogP contribution in [0.5, 0.6) is 0 Å². The van der Waals surface area contributed by atoms with E-state index in [1.165, 1.54) is 0 Å². The van der Waals surface area contributed by atoms with E-state index in [0.29, 0.717) is 25.3 Å². The van der Waals surface area contributed by atoms with Gasteiger partial charge in [-0.25, -0.2) is 4.98 Å². The summed E-state index contributed by atoms with van der Waals surface area (Å²) in [5, 5.41) is 2.86. The number of rotatable bonds is 8. The Morgan fingerprint density at radius 3 is 2.86 bits per heavy atom. The van der Waals surface area contributed by atoms with E-state index in [2.05, 4.69) is 10.3 Å². The Kier molecular flexibility index (Phi) is 6.15. The van der Waals surface area contributed by atoms with Gasteiger partial charge in [0.05, 0.1) is 6.20 Å². The lowest BCUT2D eigenvalue weighted by Crippen LogP contribution is -2.28. The maximum atomic E-state index is 11.6. The summed E-state index contributed by atoms with van der Waals surface area (Å²) in [6.07, 6.45) is 4.38. The van der Waals surface area contributed by atoms with Crippen LogP contribution in [0, 0.1) is 0 Å². The summed E-state index contributed by atoms with van der Waals surface area (Å²) >= 11 is 0. The smallest absolute Gasteiger partial charge is 0.220 e. The number of nitrogens with one attached hydrogen (secondary N) is 1. The molecule has 0 radical (unpaired) electrons. The van der Waals surface area contributed by atoms with Crippen molar-refractivity contribution in [3.05, 3.63) is 42.4 Å². The molecule has 5 heteroatoms. The molecule has 0 saturated heterocycles. The third-order valence-electron chi connectivity index (χ3n) is 3.33. The van der Waals surface area contributed by atoms with Crippen LogP contribution >= 0.6 is 0 Å². The highest BCUT2D eigenvalue weighted by Gasteiger charge is 2.07. The quantitative estimate of drug-likeness (QED) is 0.785. The summed E-state index contributed by atoms with van der Waals surface area (Å²) in [5.41, 5.74) is 6.64. The van der Waals surface area contributed by atoms with Crippen molar-refractivity contribution in [3.8, 4) is 11.3 Å². The first-order chi connectivity index (χ1) is 10.6. The van der Waals surface area contributed by atoms with Gasteiger partial charge in [-0.1, -0.05) is 30.3 Å². The van der Waals surface area contributed by atoms with E-state index in [4.69, 9.17) is 10.2 Å². The highest BCUT2D eigenvalue weighted by molar-refractivity contribution is 5.75. The maximum absolute atomic E-state index is 11.6. The minimum Gasteiger partial charge on any atom is -0.441 e. The molecule has 118 valence electrons. The Morgan fingerprint density at radius 2 is 2.14 bits per heavy atom. The lowest BCUT2D eigenvalue weighted by molar-refractivity contribution is -0.121. The molecular formula is C17H23N3O2. The van der Waals surface area contributed by atoms with Crippen molar-refractivity contribution in [3.63, 3.8) is 0 Å². The number of hydrogen-bond acceptors (Lipinski definition) is 4. The molecule has 1 atom stereocenters. The first-order valence-electron chi connectivity index (χ1n) is 7.67. The molecule has 0 aliphatic rings. The second-order valence-corrected chi connectivity index (χ2v) is 5.45. The minimum absolute atomic E-state index is 0.0514. The number of oxazole rings is 1. The third kappa shape index (κ3) is 5.33. The molecule has 0 aliphatic heterocycles. The number of aryl methyl sites for hydroxylation is 1. The zero-order chi connectivity index (χ0) is 15.8. The highest BCUT2D eigenvalue weighted by atomic mass is 16.4. The van der Waals surface area contributed by atoms with Crippen LogP contribution in [-0.2, 0) is 11.2 Å². The van der Waals surface area contributed by atoms with Crippen molar-refractivity contribution in [1.29, 1.82) is 0 Å². The molecule has 3 N–H and O–H groups in total. The number of aromatic nitrogens is 1. The molecule has 0 saturated carbocycles. The van der Waals surface area contributed by atoms with E-state index in [9.17, 15) is 4.79 Å². The number of carbonyl (C=O) groups excluding carboxylic acids is 1. The van der Waals surface area contributed by atoms with Crippen molar-refractivity contribution < 1.29 is 9.21 Å². The van der Waals surface area contributed by atoms with Crippen molar-refractivity contribution in [2.45, 2.75) is 38.6 Å². The molecule has 5 nitrogen and oxygen atoms in total. The van der Waals surface area contributed by atoms with Crippen LogP contribution in [0.2, 0.25) is 0 Å². The standard InChI is InChI=1S/C17H23N3O2/c1-13(18)10-11-19-16(21)8-5-9-17-20-12-15(22-17)14-6-3-2-4-7-14/h2-4,6-7,12-13H,5,8-11,18H2,1H3,(H,19,21). The molecule has 1 aromatic heterocycles. The normalized spacial score (nSPS) is 12.1. The highest BCUT2D eigenvalue weighted by Crippen LogP contribution is 2.20. The first kappa shape index (κ1) is 16.2. The fraction of sp³-hybridized carbons (Fsp3) is 0.412. The molecular weight excluding hydrogens is 278 g/mol. The first-order valence-corrected chi connectivity index (χ1v) is 7.67. The average Bonchev–Trinajstić information content (AvgIpc) is 2.97. The molecule has 0 fully saturated rings. The minimum atomic E-state index is 0.0514. The van der Waals surface area contributed by atoms with Crippen LogP contribution in [0.15, 0.2) is 40.9 Å². The van der Waals surface area contributed by atoms with Crippen LogP contribution in [-0.4, -0.2) is 23.5 Å². The van der Waals surface area contributed by atoms with Crippen molar-refractivity contribution in [1.82, 2.24) is 10.3 Å². The largest absolute Gasteiger partial charge is 0.441 e. The Bertz CT molecular complexity index is 579. The van der Waals surface area contributed by atoms with Crippen LogP contribution in [0.1, 0.15) is 32.1 Å². The van der Waals surface area contributed by atoms with Gasteiger partial charge in [-0.3, -0.25) is 4.79 Å². The van der Waals surface area contributed by atoms with Gasteiger partial charge in [0.15, 0.2) is 11.7 Å². The fourth-order valence-corrected chi connectivity index (χ4v) is 2.09. The number of hydrogen-bond donors (Lipinski definition) is 2. The van der Waals surface area contributed by atoms with Gasteiger partial charge >= 0.3 is 0 Å². The van der Waals surface area contributed by atoms with Gasteiger partial charge in [0.25, 0.3) is 0 Å². The number of nitrogens with zero attached hydrogens (tertiary/aromatic N) is 1. The molecule has 2 aromatic rings. The molecule has 1 aromatic carbocycles. The lowest BCUT2D eigenvalue weighted by Gasteiger charge is -2.06. The second-order valence-electron chi connectivity index (χ2n) is 5.45. The molecule has 22 heavy (non-hydrogen) atoms. The van der Waals surface area contributed by atoms with Gasteiger partial charge in [0.2, 0.25) is 5.91 Å². The van der Waals surface area contributed by atoms with E-state index in [0.717, 1.165) is 24.2 Å². The molecule has 0 bridgehead atoms. The van der Waals surface area contributed by atoms with Crippen LogP contribution in [0.25, 0.3) is 11.3 Å². The van der Waals surface area contributed by atoms with E-state index in [-0.39, 0.29) is 11.9 Å². The summed E-state index contributed by atoms with van der Waals surface area (Å²) in [6, 6.07) is 9.97. The van der Waals surface area contributed by atoms with Gasteiger partial charge in [-0.15, -0.1) is 0 Å². The molecule has 1 unspecified atom stereocenters. The van der Waals surface area contributed by atoms with Gasteiger partial charge in [-0.2, -0.15) is 0 Å². The zero-order valence-corrected chi connectivity index (χ0v) is 12.9. The number of benzene rings is 1. The molecule has 1 amide bonds. The lowest BCUT2D eigenvalue weighted by atomic mass is 10.2. The van der Waals surface area contributed by atoms with E-state index in [1.54, 1.807) is 6.20 Å². The Labute approximate surface area is 130 Å². The van der Waals surface area contributed by atoms with E-state index < -0.39 is 0 Å². The summed E-state index contributed by atoms with van der Waals surface area (Å²) < 4.78 is 5.70. The average molecular weight is 301 g/mol. The van der Waals surface area contributed by atoms with E-state index >= 15 is 0 Å². The van der Waals surface area contributed by atoms with Crippen LogP contribution < -0.4 is 11.1 Å². The van der Waals surface area contributed by atoms with Crippen molar-refractivity contribution >= 4 is 5.91 Å². The maximum Gasteiger partial charge on any atom is 0.220 e. The van der Waals surface area contributed by atoms with Crippen molar-refractivity contribution in [2.75, 3.05) is 6.54 Å². The molecule has 0 aliphatic carbocycles. The Hall–Kier alpha value is -2.14. The van der Waals surface area contributed by atoms with E-state index in [1.807, 2.05) is 37.3 Å². The van der Waals surface area contributed by atoms with Crippen LogP contribution in [0.3, 0.4) is 0 Å². The number of amides is 1. The number of nitrogens with two attached hydrogens (primary N) is 1. The van der Waals surface area contributed by atoms with Gasteiger partial charge < -0.3 is 15.5 Å². The predicted molar refractivity (Wildman–Crippen MR) is 86.2 cm³/mol. The fourth-order valence-electron chi connectivity index (χ4n) is 2.09. The second kappa shape index (κ2) is 8.34. The van der Waals surface area contributed by atoms with Gasteiger partial charge in [0, 0.05) is 31.0 Å². The Balaban J connectivity index is 1.72. The molecule has 2 rings (SSSR count). The monoisotopic (exact) mass is 301 g/mol. The third-order valence-corrected chi connectivity index (χ3v) is 3.33. The summed E-state index contributed by atoms with van der Waals surface area (Å²) in [4.78, 5) is 15.9. The predicted octanol–water partition coefficient (Wildman–Crippen LogP) is 2.52. The Morgan fingerprint density at radius 1 is 1.36 bits per heavy atom. The van der Waals surface area contributed by atoms with Crippen molar-refractivity contribution in [2.24, 2.45) is 5.73 Å². The van der Waals surface area contributed by atoms with Crippen LogP contribution in [0.4, 0.5) is 0 Å². The number of carbonyl (C=O) groups is 1. The van der Waals surface area contributed by atoms with Gasteiger partial charge in [-0.05, 0) is 19.8 Å².